The average molecular weight is 168 g/mol. The molecule has 1 aliphatic heterocycles. The van der Waals surface area contributed by atoms with Gasteiger partial charge in [-0.25, -0.2) is 4.79 Å². The topological polar surface area (TPSA) is 58.2 Å². The Morgan fingerprint density at radius 3 is 2.33 bits per heavy atom. The Morgan fingerprint density at radius 1 is 1.17 bits per heavy atom. The number of carbonyl (C=O) groups is 2. The van der Waals surface area contributed by atoms with Gasteiger partial charge in [0.15, 0.2) is 0 Å². The van der Waals surface area contributed by atoms with Crippen molar-refractivity contribution in [3.05, 3.63) is 0 Å². The molecule has 0 bridgehead atoms. The number of carbonyl (C=O) groups excluding carboxylic acids is 2. The Bertz CT molecular complexity index is 221. The molecular formula is C8H12N2O2. The molecule has 4 nitrogen and oxygen atoms in total. The van der Waals surface area contributed by atoms with Gasteiger partial charge >= 0.3 is 6.03 Å². The van der Waals surface area contributed by atoms with Crippen LogP contribution in [0.1, 0.15) is 25.7 Å². The Morgan fingerprint density at radius 2 is 1.83 bits per heavy atom. The Labute approximate surface area is 70.7 Å². The van der Waals surface area contributed by atoms with Crippen LogP contribution in [0.4, 0.5) is 4.79 Å². The first-order chi connectivity index (χ1) is 5.77. The van der Waals surface area contributed by atoms with Gasteiger partial charge in [0.05, 0.1) is 0 Å². The monoisotopic (exact) mass is 168 g/mol. The number of hydrogen-bond donors (Lipinski definition) is 2. The van der Waals surface area contributed by atoms with Gasteiger partial charge in [0.25, 0.3) is 5.91 Å². The maximum absolute atomic E-state index is 11.2. The van der Waals surface area contributed by atoms with Crippen molar-refractivity contribution in [1.82, 2.24) is 10.6 Å². The summed E-state index contributed by atoms with van der Waals surface area (Å²) in [5.41, 5.74) is 0. The quantitative estimate of drug-likeness (QED) is 0.556. The molecule has 1 atom stereocenters. The summed E-state index contributed by atoms with van der Waals surface area (Å²) < 4.78 is 0. The average Bonchev–Trinajstić information content (AvgIpc) is 2.58. The van der Waals surface area contributed by atoms with Crippen molar-refractivity contribution in [3.63, 3.8) is 0 Å². The van der Waals surface area contributed by atoms with Crippen molar-refractivity contribution in [2.45, 2.75) is 31.7 Å². The van der Waals surface area contributed by atoms with Gasteiger partial charge in [-0.1, -0.05) is 12.8 Å². The van der Waals surface area contributed by atoms with Crippen LogP contribution in [0.25, 0.3) is 0 Å². The smallest absolute Gasteiger partial charge is 0.322 e. The SMILES string of the molecule is O=C1NC(=O)[C@H](C2CCCC2)N1. The normalized spacial score (nSPS) is 30.5. The second kappa shape index (κ2) is 2.77. The van der Waals surface area contributed by atoms with E-state index >= 15 is 0 Å². The van der Waals surface area contributed by atoms with Crippen LogP contribution in [0.5, 0.6) is 0 Å². The summed E-state index contributed by atoms with van der Waals surface area (Å²) in [5, 5.41) is 4.90. The van der Waals surface area contributed by atoms with E-state index in [1.807, 2.05) is 0 Å². The van der Waals surface area contributed by atoms with Crippen LogP contribution in [0.15, 0.2) is 0 Å². The van der Waals surface area contributed by atoms with E-state index in [4.69, 9.17) is 0 Å². The van der Waals surface area contributed by atoms with Gasteiger partial charge in [0.2, 0.25) is 0 Å². The van der Waals surface area contributed by atoms with E-state index in [9.17, 15) is 9.59 Å². The first-order valence-electron chi connectivity index (χ1n) is 4.39. The second-order valence-corrected chi connectivity index (χ2v) is 3.48. The van der Waals surface area contributed by atoms with Crippen LogP contribution >= 0.6 is 0 Å². The summed E-state index contributed by atoms with van der Waals surface area (Å²) in [6.07, 6.45) is 4.51. The van der Waals surface area contributed by atoms with Crippen molar-refractivity contribution < 1.29 is 9.59 Å². The van der Waals surface area contributed by atoms with Crippen LogP contribution in [-0.4, -0.2) is 18.0 Å². The number of amides is 3. The molecule has 1 heterocycles. The molecule has 2 N–H and O–H groups in total. The summed E-state index contributed by atoms with van der Waals surface area (Å²) in [4.78, 5) is 22.0. The summed E-state index contributed by atoms with van der Waals surface area (Å²) in [7, 11) is 0. The van der Waals surface area contributed by atoms with Crippen LogP contribution in [-0.2, 0) is 4.79 Å². The molecule has 0 spiro atoms. The van der Waals surface area contributed by atoms with Crippen LogP contribution in [0, 0.1) is 5.92 Å². The molecule has 0 aromatic rings. The highest BCUT2D eigenvalue weighted by Crippen LogP contribution is 2.28. The van der Waals surface area contributed by atoms with Crippen LogP contribution in [0.3, 0.4) is 0 Å². The molecule has 0 aromatic heterocycles. The highest BCUT2D eigenvalue weighted by molar-refractivity contribution is 6.04. The van der Waals surface area contributed by atoms with Gasteiger partial charge in [0, 0.05) is 0 Å². The Kier molecular flexibility index (Phi) is 1.75. The summed E-state index contributed by atoms with van der Waals surface area (Å²) in [6.45, 7) is 0. The lowest BCUT2D eigenvalue weighted by Gasteiger charge is -2.13. The molecule has 0 radical (unpaired) electrons. The predicted octanol–water partition coefficient (Wildman–Crippen LogP) is 0.385. The zero-order valence-electron chi connectivity index (χ0n) is 6.80. The lowest BCUT2D eigenvalue weighted by molar-refractivity contribution is -0.121. The number of nitrogens with one attached hydrogen (secondary N) is 2. The minimum absolute atomic E-state index is 0.146. The molecule has 12 heavy (non-hydrogen) atoms. The van der Waals surface area contributed by atoms with Crippen LogP contribution < -0.4 is 10.6 Å². The van der Waals surface area contributed by atoms with Gasteiger partial charge in [-0.15, -0.1) is 0 Å². The predicted molar refractivity (Wildman–Crippen MR) is 42.4 cm³/mol. The molecular weight excluding hydrogens is 156 g/mol. The largest absolute Gasteiger partial charge is 0.326 e. The molecule has 0 unspecified atom stereocenters. The molecule has 4 heteroatoms. The third-order valence-corrected chi connectivity index (χ3v) is 2.68. The first-order valence-corrected chi connectivity index (χ1v) is 4.39. The first kappa shape index (κ1) is 7.58. The number of urea groups is 1. The molecule has 0 aromatic carbocycles. The van der Waals surface area contributed by atoms with Crippen molar-refractivity contribution in [2.75, 3.05) is 0 Å². The molecule has 2 rings (SSSR count). The fraction of sp³-hybridized carbons (Fsp3) is 0.750. The lowest BCUT2D eigenvalue weighted by Crippen LogP contribution is -2.35. The van der Waals surface area contributed by atoms with Gasteiger partial charge in [0.1, 0.15) is 6.04 Å². The zero-order valence-corrected chi connectivity index (χ0v) is 6.80. The molecule has 1 saturated heterocycles. The van der Waals surface area contributed by atoms with E-state index in [0.717, 1.165) is 12.8 Å². The van der Waals surface area contributed by atoms with E-state index in [0.29, 0.717) is 5.92 Å². The lowest BCUT2D eigenvalue weighted by atomic mass is 9.99. The van der Waals surface area contributed by atoms with E-state index in [1.165, 1.54) is 12.8 Å². The van der Waals surface area contributed by atoms with E-state index in [2.05, 4.69) is 10.6 Å². The van der Waals surface area contributed by atoms with Gasteiger partial charge in [-0.2, -0.15) is 0 Å². The zero-order chi connectivity index (χ0) is 8.55. The number of hydrogen-bond acceptors (Lipinski definition) is 2. The van der Waals surface area contributed by atoms with Crippen LogP contribution in [0.2, 0.25) is 0 Å². The van der Waals surface area contributed by atoms with Gasteiger partial charge in [-0.3, -0.25) is 10.1 Å². The highest BCUT2D eigenvalue weighted by atomic mass is 16.2. The van der Waals surface area contributed by atoms with Gasteiger partial charge < -0.3 is 5.32 Å². The minimum Gasteiger partial charge on any atom is -0.326 e. The molecule has 1 aliphatic carbocycles. The van der Waals surface area contributed by atoms with E-state index in [-0.39, 0.29) is 18.0 Å². The van der Waals surface area contributed by atoms with E-state index < -0.39 is 0 Å². The Hall–Kier alpha value is -1.06. The minimum atomic E-state index is -0.336. The molecule has 3 amide bonds. The maximum atomic E-state index is 11.2. The number of imide groups is 1. The van der Waals surface area contributed by atoms with E-state index in [1.54, 1.807) is 0 Å². The third kappa shape index (κ3) is 1.17. The molecule has 66 valence electrons. The van der Waals surface area contributed by atoms with Crippen molar-refractivity contribution in [1.29, 1.82) is 0 Å². The number of rotatable bonds is 1. The summed E-state index contributed by atoms with van der Waals surface area (Å²) >= 11 is 0. The highest BCUT2D eigenvalue weighted by Gasteiger charge is 2.36. The molecule has 2 aliphatic rings. The van der Waals surface area contributed by atoms with Gasteiger partial charge in [-0.05, 0) is 18.8 Å². The summed E-state index contributed by atoms with van der Waals surface area (Å²) in [5.74, 6) is 0.225. The van der Waals surface area contributed by atoms with Crippen molar-refractivity contribution >= 4 is 11.9 Å². The fourth-order valence-electron chi connectivity index (χ4n) is 2.06. The van der Waals surface area contributed by atoms with Crippen molar-refractivity contribution in [2.24, 2.45) is 5.92 Å². The molecule has 1 saturated carbocycles. The third-order valence-electron chi connectivity index (χ3n) is 2.68. The Balaban J connectivity index is 2.03. The summed E-state index contributed by atoms with van der Waals surface area (Å²) in [6, 6.07) is -0.586. The van der Waals surface area contributed by atoms with Crippen molar-refractivity contribution in [3.8, 4) is 0 Å². The second-order valence-electron chi connectivity index (χ2n) is 3.48. The fourth-order valence-corrected chi connectivity index (χ4v) is 2.06. The maximum Gasteiger partial charge on any atom is 0.322 e. The molecule has 2 fully saturated rings. The standard InChI is InChI=1S/C8H12N2O2/c11-7-6(9-8(12)10-7)5-3-1-2-4-5/h5-6H,1-4H2,(H2,9,10,11,12)/t6-/m0/s1.